The van der Waals surface area contributed by atoms with Gasteiger partial charge in [0.2, 0.25) is 0 Å². The van der Waals surface area contributed by atoms with E-state index in [0.717, 1.165) is 32.5 Å². The van der Waals surface area contributed by atoms with Crippen LogP contribution in [0.4, 0.5) is 5.69 Å². The van der Waals surface area contributed by atoms with Crippen molar-refractivity contribution in [2.45, 2.75) is 38.5 Å². The fourth-order valence-corrected chi connectivity index (χ4v) is 2.98. The summed E-state index contributed by atoms with van der Waals surface area (Å²) in [6.45, 7) is 6.30. The summed E-state index contributed by atoms with van der Waals surface area (Å²) in [6.07, 6.45) is 4.20. The van der Waals surface area contributed by atoms with Crippen molar-refractivity contribution in [3.63, 3.8) is 0 Å². The molecule has 0 amide bonds. The molecule has 1 aromatic heterocycles. The number of aliphatic hydroxyl groups is 1. The van der Waals surface area contributed by atoms with E-state index in [1.54, 1.807) is 0 Å². The number of piperidine rings is 1. The highest BCUT2D eigenvalue weighted by Crippen LogP contribution is 2.15. The molecule has 0 spiro atoms. The second kappa shape index (κ2) is 7.66. The van der Waals surface area contributed by atoms with Crippen molar-refractivity contribution < 1.29 is 10.0 Å². The first-order valence-corrected chi connectivity index (χ1v) is 7.77. The highest BCUT2D eigenvalue weighted by atomic mass is 16.6. The van der Waals surface area contributed by atoms with Crippen molar-refractivity contribution in [2.75, 3.05) is 33.2 Å². The van der Waals surface area contributed by atoms with Crippen molar-refractivity contribution in [1.29, 1.82) is 0 Å². The van der Waals surface area contributed by atoms with Crippen molar-refractivity contribution >= 4 is 5.69 Å². The van der Waals surface area contributed by atoms with E-state index >= 15 is 0 Å². The average Bonchev–Trinajstić information content (AvgIpc) is 2.95. The minimum Gasteiger partial charge on any atom is -0.390 e. The van der Waals surface area contributed by atoms with E-state index in [-0.39, 0.29) is 12.2 Å². The lowest BCUT2D eigenvalue weighted by molar-refractivity contribution is -0.385. The van der Waals surface area contributed by atoms with Crippen molar-refractivity contribution in [1.82, 2.24) is 19.6 Å². The second-order valence-corrected chi connectivity index (χ2v) is 5.94. The minimum absolute atomic E-state index is 0.0486. The van der Waals surface area contributed by atoms with Gasteiger partial charge in [0.1, 0.15) is 12.4 Å². The SMILES string of the molecule is CCN1CCC(N(C)CC(O)Cn2cc([N+](=O)[O-])cn2)CC1. The fourth-order valence-electron chi connectivity index (χ4n) is 2.98. The summed E-state index contributed by atoms with van der Waals surface area (Å²) >= 11 is 0. The molecule has 1 saturated heterocycles. The Hall–Kier alpha value is -1.51. The van der Waals surface area contributed by atoms with Gasteiger partial charge in [0.05, 0.1) is 17.6 Å². The van der Waals surface area contributed by atoms with E-state index in [1.165, 1.54) is 17.1 Å². The monoisotopic (exact) mass is 311 g/mol. The summed E-state index contributed by atoms with van der Waals surface area (Å²) in [5.74, 6) is 0. The number of likely N-dealkylation sites (N-methyl/N-ethyl adjacent to an activating group) is 1. The number of aliphatic hydroxyl groups excluding tert-OH is 1. The van der Waals surface area contributed by atoms with Gasteiger partial charge in [-0.1, -0.05) is 6.92 Å². The van der Waals surface area contributed by atoms with Gasteiger partial charge in [-0.2, -0.15) is 5.10 Å². The summed E-state index contributed by atoms with van der Waals surface area (Å²) in [5.41, 5.74) is -0.0486. The van der Waals surface area contributed by atoms with Gasteiger partial charge in [-0.3, -0.25) is 14.8 Å². The number of aromatic nitrogens is 2. The Morgan fingerprint density at radius 1 is 1.55 bits per heavy atom. The topological polar surface area (TPSA) is 87.7 Å². The summed E-state index contributed by atoms with van der Waals surface area (Å²) in [5, 5.41) is 24.7. The van der Waals surface area contributed by atoms with Crippen LogP contribution in [-0.4, -0.2) is 75.0 Å². The standard InChI is InChI=1S/C14H25N5O3/c1-3-17-6-4-12(5-7-17)16(2)10-14(20)11-18-9-13(8-15-18)19(21)22/h8-9,12,14,20H,3-7,10-11H2,1-2H3. The molecule has 22 heavy (non-hydrogen) atoms. The van der Waals surface area contributed by atoms with Crippen molar-refractivity contribution in [3.05, 3.63) is 22.5 Å². The molecule has 2 heterocycles. The molecule has 8 heteroatoms. The molecule has 0 aromatic carbocycles. The van der Waals surface area contributed by atoms with Gasteiger partial charge in [0, 0.05) is 12.6 Å². The van der Waals surface area contributed by atoms with Crippen LogP contribution >= 0.6 is 0 Å². The smallest absolute Gasteiger partial charge is 0.306 e. The Kier molecular flexibility index (Phi) is 5.87. The van der Waals surface area contributed by atoms with Crippen LogP contribution in [0.15, 0.2) is 12.4 Å². The number of hydrogen-bond acceptors (Lipinski definition) is 6. The molecule has 124 valence electrons. The molecule has 1 aromatic rings. The summed E-state index contributed by atoms with van der Waals surface area (Å²) < 4.78 is 1.43. The van der Waals surface area contributed by atoms with Gasteiger partial charge in [0.15, 0.2) is 0 Å². The Balaban J connectivity index is 1.78. The zero-order chi connectivity index (χ0) is 16.1. The fraction of sp³-hybridized carbons (Fsp3) is 0.786. The molecule has 1 atom stereocenters. The third-order valence-corrected chi connectivity index (χ3v) is 4.35. The quantitative estimate of drug-likeness (QED) is 0.585. The Labute approximate surface area is 130 Å². The average molecular weight is 311 g/mol. The van der Waals surface area contributed by atoms with E-state index in [1.807, 2.05) is 7.05 Å². The van der Waals surface area contributed by atoms with Crippen LogP contribution in [0.5, 0.6) is 0 Å². The predicted molar refractivity (Wildman–Crippen MR) is 82.7 cm³/mol. The van der Waals surface area contributed by atoms with Gasteiger partial charge in [-0.05, 0) is 39.5 Å². The molecular formula is C14H25N5O3. The predicted octanol–water partition coefficient (Wildman–Crippen LogP) is 0.568. The number of likely N-dealkylation sites (tertiary alicyclic amines) is 1. The van der Waals surface area contributed by atoms with Crippen LogP contribution in [0.1, 0.15) is 19.8 Å². The van der Waals surface area contributed by atoms with Gasteiger partial charge >= 0.3 is 5.69 Å². The number of rotatable bonds is 7. The molecule has 2 rings (SSSR count). The molecule has 1 aliphatic heterocycles. The van der Waals surface area contributed by atoms with Crippen molar-refractivity contribution in [2.24, 2.45) is 0 Å². The molecule has 0 aliphatic carbocycles. The lowest BCUT2D eigenvalue weighted by Crippen LogP contribution is -2.46. The van der Waals surface area contributed by atoms with Crippen LogP contribution in [0.2, 0.25) is 0 Å². The van der Waals surface area contributed by atoms with Gasteiger partial charge < -0.3 is 14.9 Å². The minimum atomic E-state index is -0.589. The lowest BCUT2D eigenvalue weighted by Gasteiger charge is -2.37. The van der Waals surface area contributed by atoms with Crippen LogP contribution < -0.4 is 0 Å². The Morgan fingerprint density at radius 2 is 2.23 bits per heavy atom. The van der Waals surface area contributed by atoms with E-state index in [4.69, 9.17) is 0 Å². The maximum absolute atomic E-state index is 10.6. The maximum Gasteiger partial charge on any atom is 0.306 e. The maximum atomic E-state index is 10.6. The lowest BCUT2D eigenvalue weighted by atomic mass is 10.0. The third kappa shape index (κ3) is 4.49. The van der Waals surface area contributed by atoms with E-state index in [9.17, 15) is 15.2 Å². The summed E-state index contributed by atoms with van der Waals surface area (Å²) in [6, 6.07) is 0.490. The van der Waals surface area contributed by atoms with E-state index in [0.29, 0.717) is 12.6 Å². The van der Waals surface area contributed by atoms with Crippen LogP contribution in [-0.2, 0) is 6.54 Å². The number of nitro groups is 1. The van der Waals surface area contributed by atoms with E-state index < -0.39 is 11.0 Å². The molecule has 0 saturated carbocycles. The van der Waals surface area contributed by atoms with Crippen LogP contribution in [0.3, 0.4) is 0 Å². The molecule has 1 aliphatic rings. The normalized spacial score (nSPS) is 18.7. The molecule has 0 radical (unpaired) electrons. The van der Waals surface area contributed by atoms with Gasteiger partial charge in [0.25, 0.3) is 0 Å². The Bertz CT molecular complexity index is 485. The molecule has 8 nitrogen and oxygen atoms in total. The number of nitrogens with zero attached hydrogens (tertiary/aromatic N) is 5. The highest BCUT2D eigenvalue weighted by Gasteiger charge is 2.23. The molecule has 0 bridgehead atoms. The molecule has 1 N–H and O–H groups in total. The zero-order valence-electron chi connectivity index (χ0n) is 13.3. The van der Waals surface area contributed by atoms with Crippen molar-refractivity contribution in [3.8, 4) is 0 Å². The summed E-state index contributed by atoms with van der Waals surface area (Å²) in [4.78, 5) is 14.8. The first kappa shape index (κ1) is 16.9. The third-order valence-electron chi connectivity index (χ3n) is 4.35. The first-order chi connectivity index (χ1) is 10.5. The van der Waals surface area contributed by atoms with Crippen LogP contribution in [0.25, 0.3) is 0 Å². The van der Waals surface area contributed by atoms with Gasteiger partial charge in [-0.25, -0.2) is 0 Å². The van der Waals surface area contributed by atoms with E-state index in [2.05, 4.69) is 21.8 Å². The summed E-state index contributed by atoms with van der Waals surface area (Å²) in [7, 11) is 2.03. The number of hydrogen-bond donors (Lipinski definition) is 1. The second-order valence-electron chi connectivity index (χ2n) is 5.94. The Morgan fingerprint density at radius 3 is 2.77 bits per heavy atom. The zero-order valence-corrected chi connectivity index (χ0v) is 13.3. The first-order valence-electron chi connectivity index (χ1n) is 7.77. The molecule has 1 fully saturated rings. The highest BCUT2D eigenvalue weighted by molar-refractivity contribution is 5.20. The molecular weight excluding hydrogens is 286 g/mol. The van der Waals surface area contributed by atoms with Gasteiger partial charge in [-0.15, -0.1) is 0 Å². The largest absolute Gasteiger partial charge is 0.390 e. The molecule has 1 unspecified atom stereocenters. The van der Waals surface area contributed by atoms with Crippen LogP contribution in [0, 0.1) is 10.1 Å².